The molecule has 0 bridgehead atoms. The van der Waals surface area contributed by atoms with Gasteiger partial charge < -0.3 is 9.64 Å². The number of ether oxygens (including phenoxy) is 1. The standard InChI is InChI=1S/C15H17F2NO2/c1-2-20-12-8-6-11(7-9-12)13-4-3-5-15(19)18(13)10-14(16)17/h4,6-9,14H,2-3,5,10H2,1H3. The molecule has 5 heteroatoms. The van der Waals surface area contributed by atoms with Crippen molar-refractivity contribution in [2.24, 2.45) is 0 Å². The normalized spacial score (nSPS) is 15.5. The van der Waals surface area contributed by atoms with Gasteiger partial charge in [-0.2, -0.15) is 0 Å². The fraction of sp³-hybridized carbons (Fsp3) is 0.400. The summed E-state index contributed by atoms with van der Waals surface area (Å²) < 4.78 is 30.6. The summed E-state index contributed by atoms with van der Waals surface area (Å²) >= 11 is 0. The lowest BCUT2D eigenvalue weighted by molar-refractivity contribution is -0.129. The molecule has 0 unspecified atom stereocenters. The highest BCUT2D eigenvalue weighted by molar-refractivity contribution is 5.89. The average Bonchev–Trinajstić information content (AvgIpc) is 2.42. The first-order valence-corrected chi connectivity index (χ1v) is 6.63. The molecule has 0 saturated carbocycles. The molecule has 1 heterocycles. The van der Waals surface area contributed by atoms with Crippen LogP contribution in [-0.2, 0) is 4.79 Å². The van der Waals surface area contributed by atoms with Crippen LogP contribution in [0.3, 0.4) is 0 Å². The monoisotopic (exact) mass is 281 g/mol. The van der Waals surface area contributed by atoms with Crippen LogP contribution in [0.2, 0.25) is 0 Å². The van der Waals surface area contributed by atoms with Gasteiger partial charge in [-0.25, -0.2) is 8.78 Å². The van der Waals surface area contributed by atoms with Crippen molar-refractivity contribution in [1.29, 1.82) is 0 Å². The van der Waals surface area contributed by atoms with Crippen molar-refractivity contribution in [3.63, 3.8) is 0 Å². The van der Waals surface area contributed by atoms with Gasteiger partial charge in [-0.1, -0.05) is 6.08 Å². The minimum absolute atomic E-state index is 0.253. The van der Waals surface area contributed by atoms with Gasteiger partial charge in [-0.15, -0.1) is 0 Å². The molecule has 0 saturated heterocycles. The quantitative estimate of drug-likeness (QED) is 0.828. The van der Waals surface area contributed by atoms with Crippen LogP contribution in [0, 0.1) is 0 Å². The summed E-state index contributed by atoms with van der Waals surface area (Å²) in [4.78, 5) is 13.0. The first kappa shape index (κ1) is 14.5. The van der Waals surface area contributed by atoms with Crippen LogP contribution < -0.4 is 4.74 Å². The minimum Gasteiger partial charge on any atom is -0.494 e. The zero-order chi connectivity index (χ0) is 14.5. The van der Waals surface area contributed by atoms with Gasteiger partial charge in [-0.3, -0.25) is 4.79 Å². The highest BCUT2D eigenvalue weighted by Gasteiger charge is 2.25. The SMILES string of the molecule is CCOc1ccc(C2=CCCC(=O)N2CC(F)F)cc1. The summed E-state index contributed by atoms with van der Waals surface area (Å²) in [5.41, 5.74) is 1.31. The Morgan fingerprint density at radius 2 is 2.00 bits per heavy atom. The Balaban J connectivity index is 2.23. The predicted molar refractivity (Wildman–Crippen MR) is 72.5 cm³/mol. The molecule has 20 heavy (non-hydrogen) atoms. The van der Waals surface area contributed by atoms with Crippen LogP contribution in [0.1, 0.15) is 25.3 Å². The molecule has 0 aromatic heterocycles. The van der Waals surface area contributed by atoms with Gasteiger partial charge in [0.25, 0.3) is 6.43 Å². The molecule has 1 aliphatic heterocycles. The van der Waals surface area contributed by atoms with Crippen LogP contribution >= 0.6 is 0 Å². The second-order valence-corrected chi connectivity index (χ2v) is 4.48. The molecule has 0 N–H and O–H groups in total. The fourth-order valence-corrected chi connectivity index (χ4v) is 2.21. The molecule has 1 aromatic rings. The molecule has 0 spiro atoms. The Kier molecular flexibility index (Phi) is 4.71. The topological polar surface area (TPSA) is 29.5 Å². The summed E-state index contributed by atoms with van der Waals surface area (Å²) in [6, 6.07) is 7.13. The van der Waals surface area contributed by atoms with Gasteiger partial charge in [0.05, 0.1) is 13.2 Å². The first-order chi connectivity index (χ1) is 9.61. The predicted octanol–water partition coefficient (Wildman–Crippen LogP) is 3.31. The number of benzene rings is 1. The number of hydrogen-bond acceptors (Lipinski definition) is 2. The van der Waals surface area contributed by atoms with Crippen molar-refractivity contribution >= 4 is 11.6 Å². The third-order valence-corrected chi connectivity index (χ3v) is 3.07. The Hall–Kier alpha value is -1.91. The van der Waals surface area contributed by atoms with Crippen LogP contribution in [0.25, 0.3) is 5.70 Å². The number of hydrogen-bond donors (Lipinski definition) is 0. The number of amides is 1. The van der Waals surface area contributed by atoms with Gasteiger partial charge in [0.15, 0.2) is 0 Å². The molecular weight excluding hydrogens is 264 g/mol. The lowest BCUT2D eigenvalue weighted by Gasteiger charge is -2.28. The number of carbonyl (C=O) groups excluding carboxylic acids is 1. The number of allylic oxidation sites excluding steroid dienone is 1. The second-order valence-electron chi connectivity index (χ2n) is 4.48. The molecule has 0 fully saturated rings. The molecule has 1 aromatic carbocycles. The molecule has 1 amide bonds. The van der Waals surface area contributed by atoms with Gasteiger partial charge in [0.2, 0.25) is 5.91 Å². The van der Waals surface area contributed by atoms with E-state index in [-0.39, 0.29) is 12.3 Å². The fourth-order valence-electron chi connectivity index (χ4n) is 2.21. The van der Waals surface area contributed by atoms with Crippen LogP contribution in [0.5, 0.6) is 5.75 Å². The maximum Gasteiger partial charge on any atom is 0.256 e. The zero-order valence-electron chi connectivity index (χ0n) is 11.3. The van der Waals surface area contributed by atoms with Gasteiger partial charge in [0.1, 0.15) is 5.75 Å². The lowest BCUT2D eigenvalue weighted by atomic mass is 10.0. The van der Waals surface area contributed by atoms with Gasteiger partial charge in [0, 0.05) is 12.1 Å². The van der Waals surface area contributed by atoms with Crippen molar-refractivity contribution in [3.8, 4) is 5.75 Å². The highest BCUT2D eigenvalue weighted by atomic mass is 19.3. The maximum absolute atomic E-state index is 12.6. The number of alkyl halides is 2. The van der Waals surface area contributed by atoms with Crippen molar-refractivity contribution in [2.45, 2.75) is 26.2 Å². The molecule has 2 rings (SSSR count). The molecular formula is C15H17F2NO2. The Morgan fingerprint density at radius 3 is 2.60 bits per heavy atom. The minimum atomic E-state index is -2.54. The van der Waals surface area contributed by atoms with E-state index in [2.05, 4.69) is 0 Å². The summed E-state index contributed by atoms with van der Waals surface area (Å²) in [6.45, 7) is 1.90. The van der Waals surface area contributed by atoms with E-state index in [4.69, 9.17) is 4.74 Å². The number of carbonyl (C=O) groups is 1. The van der Waals surface area contributed by atoms with Crippen LogP contribution in [0.4, 0.5) is 8.78 Å². The molecule has 1 aliphatic rings. The highest BCUT2D eigenvalue weighted by Crippen LogP contribution is 2.27. The Labute approximate surface area is 116 Å². The summed E-state index contributed by atoms with van der Waals surface area (Å²) in [5, 5.41) is 0. The summed E-state index contributed by atoms with van der Waals surface area (Å²) in [6.07, 6.45) is 0.163. The lowest BCUT2D eigenvalue weighted by Crippen LogP contribution is -2.35. The van der Waals surface area contributed by atoms with E-state index in [0.717, 1.165) is 11.3 Å². The molecule has 0 aliphatic carbocycles. The third kappa shape index (κ3) is 3.35. The third-order valence-electron chi connectivity index (χ3n) is 3.07. The van der Waals surface area contributed by atoms with Gasteiger partial charge in [-0.05, 0) is 43.2 Å². The van der Waals surface area contributed by atoms with Crippen molar-refractivity contribution < 1.29 is 18.3 Å². The van der Waals surface area contributed by atoms with Crippen LogP contribution in [-0.4, -0.2) is 30.4 Å². The average molecular weight is 281 g/mol. The zero-order valence-corrected chi connectivity index (χ0v) is 11.3. The molecule has 0 radical (unpaired) electrons. The van der Waals surface area contributed by atoms with E-state index >= 15 is 0 Å². The second kappa shape index (κ2) is 6.50. The van der Waals surface area contributed by atoms with E-state index < -0.39 is 13.0 Å². The molecule has 108 valence electrons. The van der Waals surface area contributed by atoms with Crippen molar-refractivity contribution in [2.75, 3.05) is 13.2 Å². The van der Waals surface area contributed by atoms with E-state index in [1.807, 2.05) is 13.0 Å². The van der Waals surface area contributed by atoms with Crippen LogP contribution in [0.15, 0.2) is 30.3 Å². The van der Waals surface area contributed by atoms with Crippen molar-refractivity contribution in [3.05, 3.63) is 35.9 Å². The number of halogens is 2. The Bertz CT molecular complexity index is 497. The summed E-state index contributed by atoms with van der Waals surface area (Å²) in [7, 11) is 0. The maximum atomic E-state index is 12.6. The van der Waals surface area contributed by atoms with Gasteiger partial charge >= 0.3 is 0 Å². The molecule has 3 nitrogen and oxygen atoms in total. The number of nitrogens with zero attached hydrogens (tertiary/aromatic N) is 1. The van der Waals surface area contributed by atoms with E-state index in [9.17, 15) is 13.6 Å². The number of rotatable bonds is 5. The summed E-state index contributed by atoms with van der Waals surface area (Å²) in [5.74, 6) is 0.469. The smallest absolute Gasteiger partial charge is 0.256 e. The van der Waals surface area contributed by atoms with E-state index in [0.29, 0.717) is 18.7 Å². The van der Waals surface area contributed by atoms with Crippen molar-refractivity contribution in [1.82, 2.24) is 4.90 Å². The van der Waals surface area contributed by atoms with E-state index in [1.165, 1.54) is 4.90 Å². The largest absolute Gasteiger partial charge is 0.494 e. The van der Waals surface area contributed by atoms with E-state index in [1.54, 1.807) is 24.3 Å². The Morgan fingerprint density at radius 1 is 1.30 bits per heavy atom. The molecule has 0 atom stereocenters. The first-order valence-electron chi connectivity index (χ1n) is 6.63.